The number of nitrogen functional groups attached to an aromatic ring is 1. The standard InChI is InChI=1S/C10H16N5O12P3/c1-4-7(25-29(20,21)27-30(22,23)26-28(17,18)19)6(16)10(24-4)15-3-14-5-8(11)12-2-13-9(5)15/h2-4,6-7,10,16H,1H3,(H,20,21)(H,22,23)(H2,11,12,13)(H2,17,18,19)/t4-,6-,7-,10-/m1/s1. The average Bonchev–Trinajstić information content (AvgIpc) is 3.08. The van der Waals surface area contributed by atoms with Gasteiger partial charge in [-0.15, -0.1) is 0 Å². The molecule has 1 aliphatic rings. The maximum Gasteiger partial charge on any atom is 0.490 e. The number of phosphoric ester groups is 1. The van der Waals surface area contributed by atoms with Crippen molar-refractivity contribution in [2.24, 2.45) is 0 Å². The summed E-state index contributed by atoms with van der Waals surface area (Å²) in [5.41, 5.74) is 6.07. The van der Waals surface area contributed by atoms with E-state index in [1.54, 1.807) is 0 Å². The van der Waals surface area contributed by atoms with Crippen molar-refractivity contribution in [1.29, 1.82) is 0 Å². The summed E-state index contributed by atoms with van der Waals surface area (Å²) in [5.74, 6) is 0.0594. The van der Waals surface area contributed by atoms with Gasteiger partial charge in [0.05, 0.1) is 12.4 Å². The lowest BCUT2D eigenvalue weighted by atomic mass is 10.1. The Morgan fingerprint density at radius 2 is 1.77 bits per heavy atom. The van der Waals surface area contributed by atoms with E-state index in [4.69, 9.17) is 24.8 Å². The first-order valence-electron chi connectivity index (χ1n) is 7.78. The van der Waals surface area contributed by atoms with Crippen molar-refractivity contribution in [3.63, 3.8) is 0 Å². The molecule has 6 atom stereocenters. The molecule has 2 aromatic heterocycles. The number of aromatic nitrogens is 4. The highest BCUT2D eigenvalue weighted by molar-refractivity contribution is 7.66. The predicted octanol–water partition coefficient (Wildman–Crippen LogP) is -0.601. The normalized spacial score (nSPS) is 29.0. The van der Waals surface area contributed by atoms with Crippen molar-refractivity contribution in [2.75, 3.05) is 5.73 Å². The zero-order valence-electron chi connectivity index (χ0n) is 14.8. The second-order valence-corrected chi connectivity index (χ2v) is 10.3. The van der Waals surface area contributed by atoms with E-state index < -0.39 is 48.0 Å². The molecule has 0 bridgehead atoms. The number of rotatable bonds is 7. The molecule has 7 N–H and O–H groups in total. The number of fused-ring (bicyclic) bond motifs is 1. The van der Waals surface area contributed by atoms with Gasteiger partial charge in [-0.3, -0.25) is 9.09 Å². The highest BCUT2D eigenvalue weighted by Crippen LogP contribution is 2.67. The molecular weight excluding hydrogens is 475 g/mol. The van der Waals surface area contributed by atoms with Gasteiger partial charge < -0.3 is 35.2 Å². The fraction of sp³-hybridized carbons (Fsp3) is 0.500. The summed E-state index contributed by atoms with van der Waals surface area (Å²) < 4.78 is 52.9. The number of nitrogens with zero attached hydrogens (tertiary/aromatic N) is 4. The molecule has 2 aromatic rings. The summed E-state index contributed by atoms with van der Waals surface area (Å²) in [5, 5.41) is 10.5. The number of aliphatic hydroxyl groups excluding tert-OH is 1. The fourth-order valence-electron chi connectivity index (χ4n) is 2.70. The van der Waals surface area contributed by atoms with Crippen molar-refractivity contribution in [2.45, 2.75) is 31.5 Å². The zero-order valence-corrected chi connectivity index (χ0v) is 17.4. The second kappa shape index (κ2) is 7.98. The second-order valence-electron chi connectivity index (χ2n) is 5.97. The van der Waals surface area contributed by atoms with E-state index in [0.717, 1.165) is 6.33 Å². The Balaban J connectivity index is 1.79. The highest BCUT2D eigenvalue weighted by atomic mass is 31.3. The minimum absolute atomic E-state index is 0.0594. The van der Waals surface area contributed by atoms with Gasteiger partial charge >= 0.3 is 23.5 Å². The smallest absolute Gasteiger partial charge is 0.386 e. The lowest BCUT2D eigenvalue weighted by Gasteiger charge is -2.22. The Morgan fingerprint density at radius 1 is 1.10 bits per heavy atom. The lowest BCUT2D eigenvalue weighted by molar-refractivity contribution is -0.0299. The molecule has 1 aliphatic heterocycles. The van der Waals surface area contributed by atoms with Gasteiger partial charge in [0.25, 0.3) is 0 Å². The number of imidazole rings is 1. The van der Waals surface area contributed by atoms with Gasteiger partial charge in [-0.05, 0) is 6.92 Å². The van der Waals surface area contributed by atoms with Crippen molar-refractivity contribution in [3.8, 4) is 0 Å². The summed E-state index contributed by atoms with van der Waals surface area (Å²) in [7, 11) is -16.7. The van der Waals surface area contributed by atoms with Crippen LogP contribution in [0.2, 0.25) is 0 Å². The minimum Gasteiger partial charge on any atom is -0.386 e. The fourth-order valence-corrected chi connectivity index (χ4v) is 5.97. The number of hydrogen-bond donors (Lipinski definition) is 6. The van der Waals surface area contributed by atoms with Gasteiger partial charge in [0.1, 0.15) is 24.1 Å². The lowest BCUT2D eigenvalue weighted by Crippen LogP contribution is -2.32. The van der Waals surface area contributed by atoms with Gasteiger partial charge in [0, 0.05) is 0 Å². The van der Waals surface area contributed by atoms with E-state index in [0.29, 0.717) is 0 Å². The van der Waals surface area contributed by atoms with Gasteiger partial charge in [0.15, 0.2) is 17.7 Å². The third kappa shape index (κ3) is 5.11. The topological polar surface area (TPSA) is 259 Å². The van der Waals surface area contributed by atoms with E-state index >= 15 is 0 Å². The van der Waals surface area contributed by atoms with E-state index in [2.05, 4.69) is 23.6 Å². The van der Waals surface area contributed by atoms with Crippen molar-refractivity contribution in [3.05, 3.63) is 12.7 Å². The molecule has 0 saturated carbocycles. The van der Waals surface area contributed by atoms with Crippen LogP contribution in [0.25, 0.3) is 11.2 Å². The van der Waals surface area contributed by atoms with Crippen LogP contribution in [-0.4, -0.2) is 62.5 Å². The molecule has 30 heavy (non-hydrogen) atoms. The summed E-state index contributed by atoms with van der Waals surface area (Å²) in [6, 6.07) is 0. The molecule has 0 amide bonds. The number of aliphatic hydroxyl groups is 1. The average molecular weight is 491 g/mol. The quantitative estimate of drug-likeness (QED) is 0.264. The Hall–Kier alpha value is -1.32. The summed E-state index contributed by atoms with van der Waals surface area (Å²) in [6.07, 6.45) is -3.15. The van der Waals surface area contributed by atoms with Crippen LogP contribution in [0.5, 0.6) is 0 Å². The van der Waals surface area contributed by atoms with Crippen LogP contribution >= 0.6 is 23.5 Å². The summed E-state index contributed by atoms with van der Waals surface area (Å²) in [6.45, 7) is 1.35. The van der Waals surface area contributed by atoms with E-state index in [-0.39, 0.29) is 17.0 Å². The Labute approximate surface area is 166 Å². The first kappa shape index (κ1) is 23.3. The van der Waals surface area contributed by atoms with E-state index in [1.807, 2.05) is 0 Å². The minimum atomic E-state index is -5.70. The molecule has 0 aliphatic carbocycles. The zero-order chi connectivity index (χ0) is 22.5. The SMILES string of the molecule is C[C@H]1O[C@@H](n2cnc3c(N)ncnc32)[C@H](O)[C@@H]1OP(=O)(O)OP(=O)(O)OP(=O)(O)O. The molecule has 1 saturated heterocycles. The third-order valence-electron chi connectivity index (χ3n) is 3.78. The maximum atomic E-state index is 12.0. The number of anilines is 1. The van der Waals surface area contributed by atoms with Crippen LogP contribution in [0.4, 0.5) is 5.82 Å². The molecule has 3 heterocycles. The number of ether oxygens (including phenoxy) is 1. The number of nitrogens with two attached hydrogens (primary N) is 1. The summed E-state index contributed by atoms with van der Waals surface area (Å²) in [4.78, 5) is 47.7. The van der Waals surface area contributed by atoms with Crippen molar-refractivity contribution in [1.82, 2.24) is 19.5 Å². The molecule has 20 heteroatoms. The number of phosphoric acid groups is 3. The van der Waals surface area contributed by atoms with Gasteiger partial charge in [-0.25, -0.2) is 28.6 Å². The van der Waals surface area contributed by atoms with Crippen LogP contribution in [0, 0.1) is 0 Å². The Kier molecular flexibility index (Phi) is 6.21. The molecule has 0 radical (unpaired) electrons. The van der Waals surface area contributed by atoms with E-state index in [9.17, 15) is 28.6 Å². The first-order valence-corrected chi connectivity index (χ1v) is 12.3. The number of hydrogen-bond acceptors (Lipinski definition) is 12. The van der Waals surface area contributed by atoms with Crippen LogP contribution in [0.1, 0.15) is 13.2 Å². The molecule has 0 aromatic carbocycles. The van der Waals surface area contributed by atoms with Crippen LogP contribution in [0.3, 0.4) is 0 Å². The summed E-state index contributed by atoms with van der Waals surface area (Å²) >= 11 is 0. The molecule has 17 nitrogen and oxygen atoms in total. The molecule has 168 valence electrons. The molecular formula is C10H16N5O12P3. The van der Waals surface area contributed by atoms with Crippen LogP contribution in [-0.2, 0) is 31.6 Å². The highest BCUT2D eigenvalue weighted by Gasteiger charge is 2.49. The predicted molar refractivity (Wildman–Crippen MR) is 94.1 cm³/mol. The molecule has 3 rings (SSSR count). The van der Waals surface area contributed by atoms with Crippen molar-refractivity contribution < 1.29 is 56.3 Å². The molecule has 2 unspecified atom stereocenters. The largest absolute Gasteiger partial charge is 0.490 e. The molecule has 1 fully saturated rings. The van der Waals surface area contributed by atoms with E-state index in [1.165, 1.54) is 17.8 Å². The van der Waals surface area contributed by atoms with Crippen LogP contribution in [0.15, 0.2) is 12.7 Å². The Bertz CT molecular complexity index is 1090. The van der Waals surface area contributed by atoms with Crippen LogP contribution < -0.4 is 5.73 Å². The van der Waals surface area contributed by atoms with Gasteiger partial charge in [-0.1, -0.05) is 0 Å². The maximum absolute atomic E-state index is 12.0. The monoisotopic (exact) mass is 491 g/mol. The Morgan fingerprint density at radius 3 is 2.40 bits per heavy atom. The molecule has 0 spiro atoms. The third-order valence-corrected chi connectivity index (χ3v) is 7.61. The van der Waals surface area contributed by atoms with Crippen molar-refractivity contribution >= 4 is 40.4 Å². The first-order chi connectivity index (χ1) is 13.7. The van der Waals surface area contributed by atoms with Gasteiger partial charge in [-0.2, -0.15) is 8.62 Å². The van der Waals surface area contributed by atoms with Gasteiger partial charge in [0.2, 0.25) is 0 Å².